The van der Waals surface area contributed by atoms with Crippen molar-refractivity contribution in [3.05, 3.63) is 59.1 Å². The van der Waals surface area contributed by atoms with Crippen LogP contribution in [0.4, 0.5) is 0 Å². The number of nitrogens with zero attached hydrogens (tertiary/aromatic N) is 2. The van der Waals surface area contributed by atoms with Crippen molar-refractivity contribution in [2.24, 2.45) is 5.73 Å². The SMILES string of the molecule is CC(C(=O)N[C@H](C#N)CC(N)=O)N(Cc1ccc(-c2cccc(Cl)c2)cc1)S(C)(=O)=O. The number of hydrogen-bond acceptors (Lipinski definition) is 5. The van der Waals surface area contributed by atoms with Crippen molar-refractivity contribution < 1.29 is 18.0 Å². The Kier molecular flexibility index (Phi) is 8.16. The van der Waals surface area contributed by atoms with Crippen LogP contribution in [0.3, 0.4) is 0 Å². The van der Waals surface area contributed by atoms with Gasteiger partial charge in [-0.3, -0.25) is 9.59 Å². The Morgan fingerprint density at radius 2 is 1.84 bits per heavy atom. The van der Waals surface area contributed by atoms with E-state index < -0.39 is 33.9 Å². The monoisotopic (exact) mass is 462 g/mol. The van der Waals surface area contributed by atoms with E-state index in [0.717, 1.165) is 21.7 Å². The Hall–Kier alpha value is -2.93. The molecule has 0 spiro atoms. The third kappa shape index (κ3) is 7.07. The third-order valence-corrected chi connectivity index (χ3v) is 6.10. The lowest BCUT2D eigenvalue weighted by atomic mass is 10.0. The zero-order chi connectivity index (χ0) is 23.2. The van der Waals surface area contributed by atoms with E-state index in [9.17, 15) is 18.0 Å². The molecule has 0 heterocycles. The van der Waals surface area contributed by atoms with E-state index in [0.29, 0.717) is 10.6 Å². The first-order valence-electron chi connectivity index (χ1n) is 9.31. The molecule has 2 aromatic carbocycles. The minimum absolute atomic E-state index is 0.0454. The minimum atomic E-state index is -3.76. The maximum Gasteiger partial charge on any atom is 0.239 e. The summed E-state index contributed by atoms with van der Waals surface area (Å²) in [6.45, 7) is 1.37. The lowest BCUT2D eigenvalue weighted by Crippen LogP contribution is -2.50. The molecule has 0 saturated carbocycles. The van der Waals surface area contributed by atoms with Crippen LogP contribution in [-0.2, 0) is 26.2 Å². The molecule has 3 N–H and O–H groups in total. The van der Waals surface area contributed by atoms with Gasteiger partial charge in [0.15, 0.2) is 0 Å². The van der Waals surface area contributed by atoms with E-state index >= 15 is 0 Å². The molecule has 164 valence electrons. The van der Waals surface area contributed by atoms with E-state index in [1.807, 2.05) is 30.3 Å². The summed E-state index contributed by atoms with van der Waals surface area (Å²) in [6.07, 6.45) is 0.640. The predicted octanol–water partition coefficient (Wildman–Crippen LogP) is 2.04. The fourth-order valence-corrected chi connectivity index (χ4v) is 4.19. The highest BCUT2D eigenvalue weighted by Crippen LogP contribution is 2.24. The molecule has 0 saturated heterocycles. The quantitative estimate of drug-likeness (QED) is 0.588. The Morgan fingerprint density at radius 3 is 2.35 bits per heavy atom. The van der Waals surface area contributed by atoms with Crippen LogP contribution in [-0.4, -0.2) is 42.9 Å². The second kappa shape index (κ2) is 10.4. The van der Waals surface area contributed by atoms with Crippen LogP contribution < -0.4 is 11.1 Å². The van der Waals surface area contributed by atoms with Gasteiger partial charge in [0, 0.05) is 11.6 Å². The van der Waals surface area contributed by atoms with E-state index in [-0.39, 0.29) is 13.0 Å². The normalized spacial score (nSPS) is 13.3. The van der Waals surface area contributed by atoms with Crippen LogP contribution in [0.5, 0.6) is 0 Å². The molecule has 0 aromatic heterocycles. The molecule has 31 heavy (non-hydrogen) atoms. The Labute approximate surface area is 186 Å². The van der Waals surface area contributed by atoms with Crippen LogP contribution in [0.2, 0.25) is 5.02 Å². The summed E-state index contributed by atoms with van der Waals surface area (Å²) in [5, 5.41) is 12.0. The fraction of sp³-hybridized carbons (Fsp3) is 0.286. The first kappa shape index (κ1) is 24.3. The standard InChI is InChI=1S/C21H23ClN4O4S/c1-14(21(28)25-19(12-23)11-20(24)27)26(31(2,29)30)13-15-6-8-16(9-7-15)17-4-3-5-18(22)10-17/h3-10,14,19H,11,13H2,1-2H3,(H2,24,27)(H,25,28)/t14?,19-/m0/s1. The molecular weight excluding hydrogens is 440 g/mol. The molecule has 0 aliphatic carbocycles. The van der Waals surface area contributed by atoms with Crippen molar-refractivity contribution >= 4 is 33.4 Å². The molecule has 0 radical (unpaired) electrons. The molecule has 0 bridgehead atoms. The van der Waals surface area contributed by atoms with Gasteiger partial charge in [-0.15, -0.1) is 0 Å². The summed E-state index contributed by atoms with van der Waals surface area (Å²) in [5.41, 5.74) is 7.56. The van der Waals surface area contributed by atoms with Gasteiger partial charge in [0.05, 0.1) is 18.7 Å². The average Bonchev–Trinajstić information content (AvgIpc) is 2.70. The molecular formula is C21H23ClN4O4S. The highest BCUT2D eigenvalue weighted by molar-refractivity contribution is 7.88. The van der Waals surface area contributed by atoms with Gasteiger partial charge < -0.3 is 11.1 Å². The molecule has 1 unspecified atom stereocenters. The fourth-order valence-electron chi connectivity index (χ4n) is 2.95. The molecule has 0 aliphatic rings. The molecule has 0 aliphatic heterocycles. The predicted molar refractivity (Wildman–Crippen MR) is 118 cm³/mol. The van der Waals surface area contributed by atoms with E-state index in [4.69, 9.17) is 22.6 Å². The summed E-state index contributed by atoms with van der Waals surface area (Å²) in [6, 6.07) is 14.1. The maximum atomic E-state index is 12.5. The van der Waals surface area contributed by atoms with Gasteiger partial charge in [-0.1, -0.05) is 48.0 Å². The number of benzene rings is 2. The topological polar surface area (TPSA) is 133 Å². The summed E-state index contributed by atoms with van der Waals surface area (Å²) in [7, 11) is -3.76. The number of hydrogen-bond donors (Lipinski definition) is 2. The second-order valence-electron chi connectivity index (χ2n) is 7.05. The second-order valence-corrected chi connectivity index (χ2v) is 9.42. The summed E-state index contributed by atoms with van der Waals surface area (Å²) >= 11 is 6.03. The Morgan fingerprint density at radius 1 is 1.19 bits per heavy atom. The minimum Gasteiger partial charge on any atom is -0.370 e. The first-order valence-corrected chi connectivity index (χ1v) is 11.5. The average molecular weight is 463 g/mol. The lowest BCUT2D eigenvalue weighted by molar-refractivity contribution is -0.125. The molecule has 8 nitrogen and oxygen atoms in total. The van der Waals surface area contributed by atoms with Crippen molar-refractivity contribution in [3.8, 4) is 17.2 Å². The van der Waals surface area contributed by atoms with Crippen molar-refractivity contribution in [2.45, 2.75) is 32.0 Å². The van der Waals surface area contributed by atoms with Gasteiger partial charge >= 0.3 is 0 Å². The number of nitrogens with two attached hydrogens (primary N) is 1. The molecule has 2 atom stereocenters. The van der Waals surface area contributed by atoms with Crippen LogP contribution in [0.15, 0.2) is 48.5 Å². The van der Waals surface area contributed by atoms with Crippen LogP contribution in [0, 0.1) is 11.3 Å². The number of nitriles is 1. The molecule has 2 rings (SSSR count). The van der Waals surface area contributed by atoms with Crippen molar-refractivity contribution in [3.63, 3.8) is 0 Å². The van der Waals surface area contributed by atoms with E-state index in [1.54, 1.807) is 24.3 Å². The number of rotatable bonds is 9. The van der Waals surface area contributed by atoms with Gasteiger partial charge in [-0.05, 0) is 35.7 Å². The van der Waals surface area contributed by atoms with Gasteiger partial charge in [0.1, 0.15) is 12.1 Å². The van der Waals surface area contributed by atoms with Crippen LogP contribution in [0.1, 0.15) is 18.9 Å². The van der Waals surface area contributed by atoms with Crippen molar-refractivity contribution in [1.82, 2.24) is 9.62 Å². The Balaban J connectivity index is 2.19. The summed E-state index contributed by atoms with van der Waals surface area (Å²) < 4.78 is 25.7. The van der Waals surface area contributed by atoms with Crippen molar-refractivity contribution in [2.75, 3.05) is 6.26 Å². The third-order valence-electron chi connectivity index (χ3n) is 4.57. The molecule has 10 heteroatoms. The largest absolute Gasteiger partial charge is 0.370 e. The number of nitrogens with one attached hydrogen (secondary N) is 1. The molecule has 2 aromatic rings. The molecule has 0 fully saturated rings. The van der Waals surface area contributed by atoms with Crippen molar-refractivity contribution in [1.29, 1.82) is 5.26 Å². The summed E-state index contributed by atoms with van der Waals surface area (Å²) in [4.78, 5) is 23.5. The number of amides is 2. The first-order chi connectivity index (χ1) is 14.5. The number of carbonyl (C=O) groups excluding carboxylic acids is 2. The maximum absolute atomic E-state index is 12.5. The Bertz CT molecular complexity index is 1100. The molecule has 2 amide bonds. The zero-order valence-corrected chi connectivity index (χ0v) is 18.7. The van der Waals surface area contributed by atoms with Crippen LogP contribution >= 0.6 is 11.6 Å². The number of primary amides is 1. The highest BCUT2D eigenvalue weighted by Gasteiger charge is 2.30. The lowest BCUT2D eigenvalue weighted by Gasteiger charge is -2.27. The highest BCUT2D eigenvalue weighted by atomic mass is 35.5. The van der Waals surface area contributed by atoms with Crippen LogP contribution in [0.25, 0.3) is 11.1 Å². The smallest absolute Gasteiger partial charge is 0.239 e. The van der Waals surface area contributed by atoms with E-state index in [2.05, 4.69) is 5.32 Å². The number of carbonyl (C=O) groups is 2. The van der Waals surface area contributed by atoms with E-state index in [1.165, 1.54) is 6.92 Å². The van der Waals surface area contributed by atoms with Gasteiger partial charge in [-0.25, -0.2) is 8.42 Å². The number of halogens is 1. The number of sulfonamides is 1. The van der Waals surface area contributed by atoms with Gasteiger partial charge in [0.2, 0.25) is 21.8 Å². The zero-order valence-electron chi connectivity index (χ0n) is 17.1. The van der Waals surface area contributed by atoms with Gasteiger partial charge in [0.25, 0.3) is 0 Å². The summed E-state index contributed by atoms with van der Waals surface area (Å²) in [5.74, 6) is -1.45. The van der Waals surface area contributed by atoms with Gasteiger partial charge in [-0.2, -0.15) is 9.57 Å².